The van der Waals surface area contributed by atoms with Crippen molar-refractivity contribution in [3.8, 4) is 5.75 Å². The molecule has 2 fully saturated rings. The van der Waals surface area contributed by atoms with Crippen molar-refractivity contribution in [2.75, 3.05) is 51.8 Å². The van der Waals surface area contributed by atoms with Crippen LogP contribution in [0.1, 0.15) is 18.4 Å². The summed E-state index contributed by atoms with van der Waals surface area (Å²) in [6, 6.07) is 5.66. The van der Waals surface area contributed by atoms with Crippen LogP contribution in [0.2, 0.25) is 0 Å². The van der Waals surface area contributed by atoms with Crippen molar-refractivity contribution in [2.24, 2.45) is 0 Å². The van der Waals surface area contributed by atoms with Gasteiger partial charge in [0.25, 0.3) is 0 Å². The van der Waals surface area contributed by atoms with Gasteiger partial charge in [0.2, 0.25) is 0 Å². The molecule has 0 aliphatic carbocycles. The van der Waals surface area contributed by atoms with Gasteiger partial charge in [-0.2, -0.15) is 0 Å². The van der Waals surface area contributed by atoms with E-state index in [9.17, 15) is 4.79 Å². The molecule has 6 heteroatoms. The number of piperazine rings is 1. The second kappa shape index (κ2) is 7.85. The van der Waals surface area contributed by atoms with E-state index in [-0.39, 0.29) is 6.03 Å². The molecule has 1 atom stereocenters. The molecule has 6 nitrogen and oxygen atoms in total. The predicted octanol–water partition coefficient (Wildman–Crippen LogP) is 2.33. The Morgan fingerprint density at radius 2 is 2.12 bits per heavy atom. The van der Waals surface area contributed by atoms with Crippen LogP contribution in [0, 0.1) is 6.92 Å². The van der Waals surface area contributed by atoms with Crippen LogP contribution in [0.4, 0.5) is 10.5 Å². The Bertz CT molecular complexity index is 565. The first kappa shape index (κ1) is 17.0. The summed E-state index contributed by atoms with van der Waals surface area (Å²) in [6.45, 7) is 7.20. The maximum atomic E-state index is 12.4. The average molecular weight is 333 g/mol. The van der Waals surface area contributed by atoms with Gasteiger partial charge >= 0.3 is 6.03 Å². The molecular formula is C18H27N3O3. The number of hydrogen-bond donors (Lipinski definition) is 1. The number of carbonyl (C=O) groups excluding carboxylic acids is 1. The van der Waals surface area contributed by atoms with E-state index < -0.39 is 0 Å². The number of nitrogens with one attached hydrogen (secondary N) is 1. The molecule has 0 radical (unpaired) electrons. The summed E-state index contributed by atoms with van der Waals surface area (Å²) in [6.07, 6.45) is 2.72. The third kappa shape index (κ3) is 4.19. The van der Waals surface area contributed by atoms with Crippen LogP contribution >= 0.6 is 0 Å². The monoisotopic (exact) mass is 333 g/mol. The van der Waals surface area contributed by atoms with E-state index in [2.05, 4.69) is 10.2 Å². The highest BCUT2D eigenvalue weighted by Gasteiger charge is 2.24. The highest BCUT2D eigenvalue weighted by atomic mass is 16.5. The molecule has 2 heterocycles. The topological polar surface area (TPSA) is 54.0 Å². The molecule has 2 aliphatic rings. The van der Waals surface area contributed by atoms with E-state index >= 15 is 0 Å². The van der Waals surface area contributed by atoms with E-state index in [0.29, 0.717) is 6.10 Å². The van der Waals surface area contributed by atoms with Crippen LogP contribution in [0.15, 0.2) is 18.2 Å². The van der Waals surface area contributed by atoms with Crippen molar-refractivity contribution in [2.45, 2.75) is 25.9 Å². The Morgan fingerprint density at radius 1 is 1.33 bits per heavy atom. The summed E-state index contributed by atoms with van der Waals surface area (Å²) in [7, 11) is 1.65. The minimum Gasteiger partial charge on any atom is -0.496 e. The van der Waals surface area contributed by atoms with E-state index in [0.717, 1.165) is 62.8 Å². The van der Waals surface area contributed by atoms with Crippen LogP contribution in [-0.2, 0) is 4.74 Å². The summed E-state index contributed by atoms with van der Waals surface area (Å²) in [4.78, 5) is 16.7. The van der Waals surface area contributed by atoms with Gasteiger partial charge < -0.3 is 19.7 Å². The summed E-state index contributed by atoms with van der Waals surface area (Å²) in [5.41, 5.74) is 1.82. The lowest BCUT2D eigenvalue weighted by Gasteiger charge is -2.35. The zero-order chi connectivity index (χ0) is 16.9. The summed E-state index contributed by atoms with van der Waals surface area (Å²) >= 11 is 0. The molecular weight excluding hydrogens is 306 g/mol. The summed E-state index contributed by atoms with van der Waals surface area (Å²) in [5.74, 6) is 0.829. The highest BCUT2D eigenvalue weighted by molar-refractivity contribution is 5.89. The van der Waals surface area contributed by atoms with E-state index in [1.807, 2.05) is 30.0 Å². The standard InChI is InChI=1S/C18H27N3O3/c1-14-12-15(5-6-17(14)23-2)19-18(22)21-9-7-20(8-10-21)13-16-4-3-11-24-16/h5-6,12,16H,3-4,7-11,13H2,1-2H3,(H,19,22). The first-order valence-electron chi connectivity index (χ1n) is 8.70. The molecule has 2 amide bonds. The quantitative estimate of drug-likeness (QED) is 0.919. The number of carbonyl (C=O) groups is 1. The number of nitrogens with zero attached hydrogens (tertiary/aromatic N) is 2. The van der Waals surface area contributed by atoms with Gasteiger partial charge in [0, 0.05) is 45.0 Å². The van der Waals surface area contributed by atoms with Gasteiger partial charge in [-0.05, 0) is 43.5 Å². The van der Waals surface area contributed by atoms with Gasteiger partial charge in [-0.1, -0.05) is 0 Å². The zero-order valence-electron chi connectivity index (χ0n) is 14.6. The lowest BCUT2D eigenvalue weighted by atomic mass is 10.2. The molecule has 132 valence electrons. The number of rotatable bonds is 4. The van der Waals surface area contributed by atoms with Crippen molar-refractivity contribution in [1.29, 1.82) is 0 Å². The zero-order valence-corrected chi connectivity index (χ0v) is 14.6. The fourth-order valence-corrected chi connectivity index (χ4v) is 3.37. The number of urea groups is 1. The molecule has 0 bridgehead atoms. The Balaban J connectivity index is 1.47. The second-order valence-electron chi connectivity index (χ2n) is 6.54. The number of hydrogen-bond acceptors (Lipinski definition) is 4. The Morgan fingerprint density at radius 3 is 2.75 bits per heavy atom. The van der Waals surface area contributed by atoms with Gasteiger partial charge in [0.15, 0.2) is 0 Å². The molecule has 0 spiro atoms. The molecule has 3 rings (SSSR count). The number of anilines is 1. The summed E-state index contributed by atoms with van der Waals surface area (Å²) in [5, 5.41) is 2.98. The van der Waals surface area contributed by atoms with Crippen molar-refractivity contribution in [3.63, 3.8) is 0 Å². The number of methoxy groups -OCH3 is 1. The van der Waals surface area contributed by atoms with Crippen LogP contribution in [0.3, 0.4) is 0 Å². The molecule has 1 aromatic rings. The van der Waals surface area contributed by atoms with Gasteiger partial charge in [-0.25, -0.2) is 4.79 Å². The number of amides is 2. The van der Waals surface area contributed by atoms with E-state index in [1.54, 1.807) is 7.11 Å². The molecule has 1 unspecified atom stereocenters. The molecule has 1 N–H and O–H groups in total. The SMILES string of the molecule is COc1ccc(NC(=O)N2CCN(CC3CCCO3)CC2)cc1C. The van der Waals surface area contributed by atoms with Crippen LogP contribution in [-0.4, -0.2) is 68.4 Å². The molecule has 0 aromatic heterocycles. The van der Waals surface area contributed by atoms with Crippen LogP contribution in [0.5, 0.6) is 5.75 Å². The Labute approximate surface area is 143 Å². The van der Waals surface area contributed by atoms with Crippen LogP contribution in [0.25, 0.3) is 0 Å². The number of benzene rings is 1. The number of ether oxygens (including phenoxy) is 2. The Hall–Kier alpha value is -1.79. The lowest BCUT2D eigenvalue weighted by molar-refractivity contribution is 0.0572. The molecule has 24 heavy (non-hydrogen) atoms. The minimum absolute atomic E-state index is 0.0312. The van der Waals surface area contributed by atoms with Gasteiger partial charge in [0.1, 0.15) is 5.75 Å². The maximum absolute atomic E-state index is 12.4. The van der Waals surface area contributed by atoms with E-state index in [1.165, 1.54) is 6.42 Å². The lowest BCUT2D eigenvalue weighted by Crippen LogP contribution is -2.51. The van der Waals surface area contributed by atoms with Crippen molar-refractivity contribution < 1.29 is 14.3 Å². The molecule has 0 saturated carbocycles. The van der Waals surface area contributed by atoms with Crippen molar-refractivity contribution >= 4 is 11.7 Å². The first-order chi connectivity index (χ1) is 11.7. The number of aryl methyl sites for hydroxylation is 1. The third-order valence-electron chi connectivity index (χ3n) is 4.79. The maximum Gasteiger partial charge on any atom is 0.321 e. The van der Waals surface area contributed by atoms with Gasteiger partial charge in [-0.3, -0.25) is 4.90 Å². The predicted molar refractivity (Wildman–Crippen MR) is 93.7 cm³/mol. The molecule has 2 aliphatic heterocycles. The third-order valence-corrected chi connectivity index (χ3v) is 4.79. The van der Waals surface area contributed by atoms with Gasteiger partial charge in [-0.15, -0.1) is 0 Å². The normalized spacial score (nSPS) is 21.8. The molecule has 1 aromatic carbocycles. The smallest absolute Gasteiger partial charge is 0.321 e. The van der Waals surface area contributed by atoms with Gasteiger partial charge in [0.05, 0.1) is 13.2 Å². The largest absolute Gasteiger partial charge is 0.496 e. The second-order valence-corrected chi connectivity index (χ2v) is 6.54. The first-order valence-corrected chi connectivity index (χ1v) is 8.70. The van der Waals surface area contributed by atoms with Crippen molar-refractivity contribution in [1.82, 2.24) is 9.80 Å². The molecule has 2 saturated heterocycles. The highest BCUT2D eigenvalue weighted by Crippen LogP contribution is 2.22. The average Bonchev–Trinajstić information content (AvgIpc) is 3.08. The van der Waals surface area contributed by atoms with Crippen LogP contribution < -0.4 is 10.1 Å². The Kier molecular flexibility index (Phi) is 5.58. The summed E-state index contributed by atoms with van der Waals surface area (Å²) < 4.78 is 10.9. The van der Waals surface area contributed by atoms with E-state index in [4.69, 9.17) is 9.47 Å². The minimum atomic E-state index is -0.0312. The fourth-order valence-electron chi connectivity index (χ4n) is 3.37. The van der Waals surface area contributed by atoms with Crippen molar-refractivity contribution in [3.05, 3.63) is 23.8 Å². The fraction of sp³-hybridized carbons (Fsp3) is 0.611.